The first-order valence-corrected chi connectivity index (χ1v) is 5.30. The molecule has 0 bridgehead atoms. The van der Waals surface area contributed by atoms with E-state index in [1.165, 1.54) is 12.1 Å². The van der Waals surface area contributed by atoms with Crippen LogP contribution in [0.4, 0.5) is 0 Å². The molecule has 18 heavy (non-hydrogen) atoms. The summed E-state index contributed by atoms with van der Waals surface area (Å²) >= 11 is 0. The van der Waals surface area contributed by atoms with E-state index in [2.05, 4.69) is 9.78 Å². The minimum absolute atomic E-state index is 0.0668. The second-order valence-electron chi connectivity index (χ2n) is 3.93. The van der Waals surface area contributed by atoms with Crippen molar-refractivity contribution in [3.63, 3.8) is 0 Å². The van der Waals surface area contributed by atoms with Crippen molar-refractivity contribution in [1.29, 1.82) is 0 Å². The van der Waals surface area contributed by atoms with E-state index in [-0.39, 0.29) is 11.3 Å². The Bertz CT molecular complexity index is 444. The van der Waals surface area contributed by atoms with Gasteiger partial charge in [-0.3, -0.25) is 4.90 Å². The van der Waals surface area contributed by atoms with E-state index in [9.17, 15) is 14.7 Å². The third-order valence-electron chi connectivity index (χ3n) is 2.44. The lowest BCUT2D eigenvalue weighted by Crippen LogP contribution is -2.34. The van der Waals surface area contributed by atoms with E-state index in [0.717, 1.165) is 0 Å². The van der Waals surface area contributed by atoms with Gasteiger partial charge in [0, 0.05) is 0 Å². The van der Waals surface area contributed by atoms with Crippen molar-refractivity contribution in [3.8, 4) is 5.75 Å². The molecule has 0 saturated heterocycles. The Morgan fingerprint density at radius 3 is 2.39 bits per heavy atom. The monoisotopic (exact) mass is 253 g/mol. The Labute approximate surface area is 105 Å². The van der Waals surface area contributed by atoms with Crippen LogP contribution in [-0.4, -0.2) is 42.1 Å². The number of likely N-dealkylation sites (N-methyl/N-ethyl adjacent to an activating group) is 1. The van der Waals surface area contributed by atoms with Gasteiger partial charge in [-0.05, 0) is 33.2 Å². The molecule has 0 aliphatic rings. The predicted molar refractivity (Wildman–Crippen MR) is 62.8 cm³/mol. The molecular weight excluding hydrogens is 238 g/mol. The largest absolute Gasteiger partial charge is 0.507 e. The van der Waals surface area contributed by atoms with Crippen LogP contribution in [0.5, 0.6) is 5.75 Å². The third-order valence-corrected chi connectivity index (χ3v) is 2.44. The van der Waals surface area contributed by atoms with Crippen molar-refractivity contribution < 1.29 is 24.5 Å². The van der Waals surface area contributed by atoms with Crippen LogP contribution < -0.4 is 0 Å². The molecule has 1 atom stereocenters. The normalized spacial score (nSPS) is 12.0. The smallest absolute Gasteiger partial charge is 0.390 e. The minimum Gasteiger partial charge on any atom is -0.507 e. The van der Waals surface area contributed by atoms with Gasteiger partial charge in [-0.2, -0.15) is 0 Å². The van der Waals surface area contributed by atoms with E-state index in [1.807, 2.05) is 0 Å². The summed E-state index contributed by atoms with van der Waals surface area (Å²) < 4.78 is 0. The summed E-state index contributed by atoms with van der Waals surface area (Å²) in [5, 5.41) is 9.39. The molecular formula is C12H15NO5. The van der Waals surface area contributed by atoms with Gasteiger partial charge < -0.3 is 5.11 Å². The molecule has 1 unspecified atom stereocenters. The lowest BCUT2D eigenvalue weighted by molar-refractivity contribution is -0.237. The zero-order chi connectivity index (χ0) is 13.7. The maximum atomic E-state index is 11.5. The number of phenols is 1. The third kappa shape index (κ3) is 3.46. The number of nitrogens with zero attached hydrogens (tertiary/aromatic N) is 1. The van der Waals surface area contributed by atoms with Gasteiger partial charge in [-0.15, -0.1) is 0 Å². The van der Waals surface area contributed by atoms with Crippen LogP contribution in [0.25, 0.3) is 0 Å². The number of carbonyl (C=O) groups is 2. The fourth-order valence-corrected chi connectivity index (χ4v) is 1.05. The van der Waals surface area contributed by atoms with Gasteiger partial charge in [-0.1, -0.05) is 12.1 Å². The van der Waals surface area contributed by atoms with Crippen molar-refractivity contribution in [1.82, 2.24) is 4.90 Å². The van der Waals surface area contributed by atoms with Crippen molar-refractivity contribution in [3.05, 3.63) is 29.8 Å². The van der Waals surface area contributed by atoms with E-state index >= 15 is 0 Å². The average Bonchev–Trinajstić information content (AvgIpc) is 2.35. The zero-order valence-electron chi connectivity index (χ0n) is 10.4. The molecule has 1 rings (SSSR count). The molecule has 0 amide bonds. The molecule has 98 valence electrons. The molecule has 1 aromatic carbocycles. The molecule has 0 heterocycles. The summed E-state index contributed by atoms with van der Waals surface area (Å²) in [6, 6.07) is 5.27. The van der Waals surface area contributed by atoms with E-state index in [1.54, 1.807) is 38.1 Å². The summed E-state index contributed by atoms with van der Waals surface area (Å²) in [5.74, 6) is -1.85. The second-order valence-corrected chi connectivity index (χ2v) is 3.93. The van der Waals surface area contributed by atoms with Crippen LogP contribution in [0, 0.1) is 0 Å². The van der Waals surface area contributed by atoms with Crippen LogP contribution in [0.1, 0.15) is 17.3 Å². The quantitative estimate of drug-likeness (QED) is 0.638. The lowest BCUT2D eigenvalue weighted by Gasteiger charge is -2.16. The fraction of sp³-hybridized carbons (Fsp3) is 0.333. The van der Waals surface area contributed by atoms with E-state index in [4.69, 9.17) is 0 Å². The Balaban J connectivity index is 2.57. The van der Waals surface area contributed by atoms with Crippen LogP contribution in [0.2, 0.25) is 0 Å². The van der Waals surface area contributed by atoms with E-state index < -0.39 is 18.0 Å². The van der Waals surface area contributed by atoms with Crippen LogP contribution >= 0.6 is 0 Å². The molecule has 0 fully saturated rings. The van der Waals surface area contributed by atoms with Crippen molar-refractivity contribution in [2.24, 2.45) is 0 Å². The molecule has 6 heteroatoms. The fourth-order valence-electron chi connectivity index (χ4n) is 1.05. The number of benzene rings is 1. The highest BCUT2D eigenvalue weighted by Crippen LogP contribution is 2.16. The molecule has 0 aliphatic carbocycles. The number of rotatable bonds is 3. The van der Waals surface area contributed by atoms with Crippen molar-refractivity contribution >= 4 is 11.9 Å². The predicted octanol–water partition coefficient (Wildman–Crippen LogP) is 0.957. The van der Waals surface area contributed by atoms with Gasteiger partial charge >= 0.3 is 11.9 Å². The summed E-state index contributed by atoms with van der Waals surface area (Å²) in [6.07, 6.45) is 0. The van der Waals surface area contributed by atoms with Gasteiger partial charge in [0.05, 0.1) is 0 Å². The molecule has 1 aromatic rings. The Kier molecular flexibility index (Phi) is 4.67. The molecule has 0 aliphatic heterocycles. The summed E-state index contributed by atoms with van der Waals surface area (Å²) in [6.45, 7) is 1.61. The van der Waals surface area contributed by atoms with Crippen LogP contribution in [0.3, 0.4) is 0 Å². The SMILES string of the molecule is CC(C(=O)OOC(=O)c1ccccc1O)N(C)C. The summed E-state index contributed by atoms with van der Waals surface area (Å²) in [5.41, 5.74) is -0.0668. The Morgan fingerprint density at radius 2 is 1.83 bits per heavy atom. The lowest BCUT2D eigenvalue weighted by atomic mass is 10.2. The van der Waals surface area contributed by atoms with Crippen molar-refractivity contribution in [2.75, 3.05) is 14.1 Å². The number of aromatic hydroxyl groups is 1. The molecule has 0 radical (unpaired) electrons. The minimum atomic E-state index is -0.924. The van der Waals surface area contributed by atoms with Gasteiger partial charge in [0.2, 0.25) is 0 Å². The molecule has 0 saturated carbocycles. The molecule has 0 aromatic heterocycles. The number of hydrogen-bond donors (Lipinski definition) is 1. The number of hydrogen-bond acceptors (Lipinski definition) is 6. The second kappa shape index (κ2) is 6.02. The summed E-state index contributed by atoms with van der Waals surface area (Å²) in [4.78, 5) is 33.3. The maximum Gasteiger partial charge on any atom is 0.390 e. The molecule has 0 spiro atoms. The summed E-state index contributed by atoms with van der Waals surface area (Å²) in [7, 11) is 3.38. The highest BCUT2D eigenvalue weighted by molar-refractivity contribution is 5.92. The number of carbonyl (C=O) groups excluding carboxylic acids is 2. The Hall–Kier alpha value is -2.08. The van der Waals surface area contributed by atoms with Gasteiger partial charge in [0.25, 0.3) is 0 Å². The van der Waals surface area contributed by atoms with Gasteiger partial charge in [-0.25, -0.2) is 19.4 Å². The highest BCUT2D eigenvalue weighted by atomic mass is 17.2. The van der Waals surface area contributed by atoms with Crippen LogP contribution in [-0.2, 0) is 14.6 Å². The molecule has 6 nitrogen and oxygen atoms in total. The number of phenolic OH excluding ortho intramolecular Hbond substituents is 1. The topological polar surface area (TPSA) is 76.1 Å². The van der Waals surface area contributed by atoms with Gasteiger partial charge in [0.1, 0.15) is 17.4 Å². The van der Waals surface area contributed by atoms with Crippen molar-refractivity contribution in [2.45, 2.75) is 13.0 Å². The zero-order valence-corrected chi connectivity index (χ0v) is 10.4. The average molecular weight is 253 g/mol. The first-order chi connectivity index (χ1) is 8.43. The first kappa shape index (κ1) is 14.0. The van der Waals surface area contributed by atoms with Gasteiger partial charge in [0.15, 0.2) is 0 Å². The number of para-hydroxylation sites is 1. The Morgan fingerprint density at radius 1 is 1.22 bits per heavy atom. The standard InChI is InChI=1S/C12H15NO5/c1-8(13(2)3)11(15)17-18-12(16)9-6-4-5-7-10(9)14/h4-8,14H,1-3H3. The first-order valence-electron chi connectivity index (χ1n) is 5.30. The molecule has 1 N–H and O–H groups in total. The van der Waals surface area contributed by atoms with E-state index in [0.29, 0.717) is 0 Å². The van der Waals surface area contributed by atoms with Crippen LogP contribution in [0.15, 0.2) is 24.3 Å². The highest BCUT2D eigenvalue weighted by Gasteiger charge is 2.21. The maximum absolute atomic E-state index is 11.5.